The SMILES string of the molecule is CC1(C)CCC(C)(C)c2cc([Se]c3ccc(C(=O)O)cn3)c([O-])cc21. The molecule has 0 spiro atoms. The van der Waals surface area contributed by atoms with Crippen molar-refractivity contribution in [1.29, 1.82) is 0 Å². The van der Waals surface area contributed by atoms with Crippen LogP contribution in [-0.4, -0.2) is 31.0 Å². The Hall–Kier alpha value is -1.84. The minimum absolute atomic E-state index is 0.0247. The van der Waals surface area contributed by atoms with E-state index in [9.17, 15) is 9.90 Å². The van der Waals surface area contributed by atoms with Crippen molar-refractivity contribution < 1.29 is 15.0 Å². The molecular formula is C20H22NO3Se-. The molecule has 1 aromatic heterocycles. The molecule has 0 unspecified atom stereocenters. The van der Waals surface area contributed by atoms with Crippen LogP contribution in [0.4, 0.5) is 0 Å². The van der Waals surface area contributed by atoms with Crippen LogP contribution in [0.1, 0.15) is 62.0 Å². The molecule has 25 heavy (non-hydrogen) atoms. The van der Waals surface area contributed by atoms with E-state index in [1.807, 2.05) is 6.07 Å². The molecule has 2 aromatic rings. The summed E-state index contributed by atoms with van der Waals surface area (Å²) in [5.41, 5.74) is 2.68. The fourth-order valence-electron chi connectivity index (χ4n) is 3.33. The van der Waals surface area contributed by atoms with Gasteiger partial charge in [0.05, 0.1) is 0 Å². The van der Waals surface area contributed by atoms with E-state index in [0.717, 1.165) is 21.9 Å². The molecule has 0 fully saturated rings. The molecule has 4 nitrogen and oxygen atoms in total. The van der Waals surface area contributed by atoms with E-state index < -0.39 is 5.97 Å². The molecule has 5 heteroatoms. The average Bonchev–Trinajstić information content (AvgIpc) is 2.54. The van der Waals surface area contributed by atoms with Crippen LogP contribution in [0.2, 0.25) is 0 Å². The first-order chi connectivity index (χ1) is 11.6. The zero-order chi connectivity index (χ0) is 18.4. The van der Waals surface area contributed by atoms with Gasteiger partial charge in [-0.3, -0.25) is 0 Å². The van der Waals surface area contributed by atoms with Gasteiger partial charge in [0.25, 0.3) is 0 Å². The number of carboxylic acid groups (broad SMARTS) is 1. The second-order valence-corrected chi connectivity index (χ2v) is 10.1. The van der Waals surface area contributed by atoms with Crippen molar-refractivity contribution in [2.75, 3.05) is 0 Å². The molecule has 1 aliphatic rings. The first-order valence-corrected chi connectivity index (χ1v) is 10.0. The number of pyridine rings is 1. The van der Waals surface area contributed by atoms with Crippen LogP contribution in [0.5, 0.6) is 5.75 Å². The van der Waals surface area contributed by atoms with Crippen LogP contribution >= 0.6 is 0 Å². The van der Waals surface area contributed by atoms with Crippen LogP contribution in [-0.2, 0) is 10.8 Å². The summed E-state index contributed by atoms with van der Waals surface area (Å²) in [6.45, 7) is 8.89. The van der Waals surface area contributed by atoms with Crippen molar-refractivity contribution in [3.05, 3.63) is 47.2 Å². The fraction of sp³-hybridized carbons (Fsp3) is 0.400. The maximum atomic E-state index is 12.7. The van der Waals surface area contributed by atoms with Gasteiger partial charge in [-0.1, -0.05) is 0 Å². The molecular weight excluding hydrogens is 381 g/mol. The minimum atomic E-state index is -0.992. The normalized spacial score (nSPS) is 17.8. The number of fused-ring (bicyclic) bond motifs is 1. The van der Waals surface area contributed by atoms with Crippen LogP contribution in [0, 0.1) is 0 Å². The number of hydrogen-bond donors (Lipinski definition) is 1. The molecule has 0 atom stereocenters. The van der Waals surface area contributed by atoms with Gasteiger partial charge in [0.2, 0.25) is 0 Å². The summed E-state index contributed by atoms with van der Waals surface area (Å²) in [6, 6.07) is 7.14. The molecule has 1 aromatic carbocycles. The molecule has 0 radical (unpaired) electrons. The molecule has 0 amide bonds. The van der Waals surface area contributed by atoms with Crippen molar-refractivity contribution in [1.82, 2.24) is 4.98 Å². The Labute approximate surface area is 154 Å². The third-order valence-corrected chi connectivity index (χ3v) is 7.19. The van der Waals surface area contributed by atoms with Gasteiger partial charge in [-0.05, 0) is 0 Å². The van der Waals surface area contributed by atoms with Crippen molar-refractivity contribution in [2.24, 2.45) is 0 Å². The van der Waals surface area contributed by atoms with E-state index in [4.69, 9.17) is 5.11 Å². The Kier molecular flexibility index (Phi) is 4.42. The number of rotatable bonds is 3. The Morgan fingerprint density at radius 2 is 1.72 bits per heavy atom. The van der Waals surface area contributed by atoms with Gasteiger partial charge in [-0.15, -0.1) is 0 Å². The number of hydrogen-bond acceptors (Lipinski definition) is 3. The van der Waals surface area contributed by atoms with Crippen molar-refractivity contribution >= 4 is 30.0 Å². The Bertz CT molecular complexity index is 826. The van der Waals surface area contributed by atoms with Crippen LogP contribution < -0.4 is 14.2 Å². The van der Waals surface area contributed by atoms with Crippen LogP contribution in [0.25, 0.3) is 0 Å². The Morgan fingerprint density at radius 1 is 1.12 bits per heavy atom. The zero-order valence-electron chi connectivity index (χ0n) is 14.9. The van der Waals surface area contributed by atoms with Crippen LogP contribution in [0.3, 0.4) is 0 Å². The van der Waals surface area contributed by atoms with Crippen molar-refractivity contribution in [3.63, 3.8) is 0 Å². The van der Waals surface area contributed by atoms with Gasteiger partial charge in [0.1, 0.15) is 0 Å². The third kappa shape index (κ3) is 3.44. The average molecular weight is 403 g/mol. The van der Waals surface area contributed by atoms with E-state index in [1.54, 1.807) is 12.1 Å². The molecule has 1 heterocycles. The summed E-state index contributed by atoms with van der Waals surface area (Å²) in [5.74, 6) is -0.928. The van der Waals surface area contributed by atoms with E-state index in [-0.39, 0.29) is 37.1 Å². The first kappa shape index (κ1) is 18.0. The number of nitrogens with zero attached hydrogens (tertiary/aromatic N) is 1. The number of carboxylic acids is 1. The molecule has 0 bridgehead atoms. The first-order valence-electron chi connectivity index (χ1n) is 8.33. The van der Waals surface area contributed by atoms with E-state index in [2.05, 4.69) is 38.7 Å². The van der Waals surface area contributed by atoms with Crippen LogP contribution in [0.15, 0.2) is 30.5 Å². The third-order valence-electron chi connectivity index (χ3n) is 5.11. The topological polar surface area (TPSA) is 73.2 Å². The van der Waals surface area contributed by atoms with Crippen molar-refractivity contribution in [3.8, 4) is 5.75 Å². The van der Waals surface area contributed by atoms with Gasteiger partial charge in [0.15, 0.2) is 0 Å². The van der Waals surface area contributed by atoms with Gasteiger partial charge in [-0.2, -0.15) is 0 Å². The summed E-state index contributed by atoms with van der Waals surface area (Å²) >= 11 is -0.235. The van der Waals surface area contributed by atoms with Gasteiger partial charge in [0, 0.05) is 0 Å². The van der Waals surface area contributed by atoms with Gasteiger partial charge >= 0.3 is 154 Å². The van der Waals surface area contributed by atoms with E-state index in [1.165, 1.54) is 17.3 Å². The second-order valence-electron chi connectivity index (χ2n) is 7.90. The predicted molar refractivity (Wildman–Crippen MR) is 97.4 cm³/mol. The summed E-state index contributed by atoms with van der Waals surface area (Å²) in [4.78, 5) is 15.2. The summed E-state index contributed by atoms with van der Waals surface area (Å²) in [6.07, 6.45) is 3.54. The molecule has 132 valence electrons. The standard InChI is InChI=1S/C20H23NO3Se/c1-19(2)7-8-20(3,4)14-10-16(15(22)9-13(14)19)25-17-6-5-12(11-21-17)18(23)24/h5-6,9-11,22H,7-8H2,1-4H3,(H,23,24)/p-1. The number of carbonyl (C=O) groups is 1. The maximum absolute atomic E-state index is 12.7. The van der Waals surface area contributed by atoms with Crippen molar-refractivity contribution in [2.45, 2.75) is 51.4 Å². The molecule has 3 rings (SSSR count). The second kappa shape index (κ2) is 6.15. The van der Waals surface area contributed by atoms with Gasteiger partial charge < -0.3 is 0 Å². The van der Waals surface area contributed by atoms with E-state index in [0.29, 0.717) is 0 Å². The summed E-state index contributed by atoms with van der Waals surface area (Å²) in [5, 5.41) is 21.6. The molecule has 0 saturated heterocycles. The fourth-order valence-corrected chi connectivity index (χ4v) is 5.02. The Balaban J connectivity index is 1.99. The molecule has 1 N–H and O–H groups in total. The quantitative estimate of drug-likeness (QED) is 0.794. The molecule has 0 aliphatic heterocycles. The number of aromatic nitrogens is 1. The Morgan fingerprint density at radius 3 is 2.24 bits per heavy atom. The van der Waals surface area contributed by atoms with Gasteiger partial charge in [-0.25, -0.2) is 0 Å². The predicted octanol–water partition coefficient (Wildman–Crippen LogP) is 1.86. The number of aromatic carboxylic acids is 1. The molecule has 0 saturated carbocycles. The van der Waals surface area contributed by atoms with E-state index >= 15 is 0 Å². The summed E-state index contributed by atoms with van der Waals surface area (Å²) < 4.78 is 1.55. The monoisotopic (exact) mass is 404 g/mol. The zero-order valence-corrected chi connectivity index (χ0v) is 16.6. The summed E-state index contributed by atoms with van der Waals surface area (Å²) in [7, 11) is 0. The molecule has 1 aliphatic carbocycles. The number of benzene rings is 1.